The van der Waals surface area contributed by atoms with Crippen molar-refractivity contribution in [2.24, 2.45) is 0 Å². The molecule has 7 heteroatoms. The maximum Gasteiger partial charge on any atom is 0.274 e. The summed E-state index contributed by atoms with van der Waals surface area (Å²) < 4.78 is 0. The Bertz CT molecular complexity index is 563. The Kier molecular flexibility index (Phi) is 3.85. The van der Waals surface area contributed by atoms with Crippen LogP contribution in [0.4, 0.5) is 5.69 Å². The van der Waals surface area contributed by atoms with E-state index in [0.717, 1.165) is 9.92 Å². The van der Waals surface area contributed by atoms with Gasteiger partial charge < -0.3 is 5.11 Å². The number of nitrogens with zero attached hydrogens (tertiary/aromatic N) is 3. The first-order valence-electron chi connectivity index (χ1n) is 5.03. The van der Waals surface area contributed by atoms with Crippen LogP contribution >= 0.6 is 11.8 Å². The summed E-state index contributed by atoms with van der Waals surface area (Å²) in [4.78, 5) is 18.8. The molecule has 0 bridgehead atoms. The Balaban J connectivity index is 2.28. The molecule has 1 heterocycles. The average molecular weight is 263 g/mol. The third-order valence-corrected chi connectivity index (χ3v) is 3.14. The lowest BCUT2D eigenvalue weighted by Crippen LogP contribution is -1.95. The minimum atomic E-state index is -0.509. The second-order valence-corrected chi connectivity index (χ2v) is 4.45. The number of aliphatic hydroxyl groups is 1. The fourth-order valence-electron chi connectivity index (χ4n) is 1.39. The minimum absolute atomic E-state index is 0.0791. The first-order valence-corrected chi connectivity index (χ1v) is 5.84. The van der Waals surface area contributed by atoms with Crippen molar-refractivity contribution in [2.75, 3.05) is 0 Å². The SMILES string of the molecule is O=[N+]([O-])c1ccc(Sc2ccncn2)cc1CO. The van der Waals surface area contributed by atoms with E-state index in [-0.39, 0.29) is 12.3 Å². The van der Waals surface area contributed by atoms with Crippen LogP contribution in [0.25, 0.3) is 0 Å². The number of rotatable bonds is 4. The molecule has 6 nitrogen and oxygen atoms in total. The van der Waals surface area contributed by atoms with Crippen LogP contribution in [0.3, 0.4) is 0 Å². The maximum atomic E-state index is 10.7. The van der Waals surface area contributed by atoms with E-state index in [1.807, 2.05) is 0 Å². The lowest BCUT2D eigenvalue weighted by atomic mass is 10.2. The van der Waals surface area contributed by atoms with Gasteiger partial charge in [0.15, 0.2) is 0 Å². The number of hydrogen-bond acceptors (Lipinski definition) is 6. The van der Waals surface area contributed by atoms with Crippen LogP contribution in [0.2, 0.25) is 0 Å². The van der Waals surface area contributed by atoms with Crippen molar-refractivity contribution in [3.63, 3.8) is 0 Å². The number of aromatic nitrogens is 2. The first-order chi connectivity index (χ1) is 8.70. The highest BCUT2D eigenvalue weighted by Gasteiger charge is 2.13. The van der Waals surface area contributed by atoms with Gasteiger partial charge >= 0.3 is 0 Å². The summed E-state index contributed by atoms with van der Waals surface area (Å²) in [6, 6.07) is 6.34. The van der Waals surface area contributed by atoms with Crippen LogP contribution in [0, 0.1) is 10.1 Å². The summed E-state index contributed by atoms with van der Waals surface area (Å²) in [6.45, 7) is -0.367. The fraction of sp³-hybridized carbons (Fsp3) is 0.0909. The van der Waals surface area contributed by atoms with Gasteiger partial charge in [-0.05, 0) is 18.2 Å². The second kappa shape index (κ2) is 5.56. The average Bonchev–Trinajstić information content (AvgIpc) is 2.39. The van der Waals surface area contributed by atoms with Crippen LogP contribution < -0.4 is 0 Å². The zero-order valence-electron chi connectivity index (χ0n) is 9.18. The second-order valence-electron chi connectivity index (χ2n) is 3.36. The quantitative estimate of drug-likeness (QED) is 0.515. The Hall–Kier alpha value is -1.99. The van der Waals surface area contributed by atoms with E-state index >= 15 is 0 Å². The third kappa shape index (κ3) is 2.82. The standard InChI is InChI=1S/C11H9N3O3S/c15-6-8-5-9(1-2-10(8)14(16)17)18-11-3-4-12-7-13-11/h1-5,7,15H,6H2. The molecule has 0 saturated carbocycles. The normalized spacial score (nSPS) is 10.3. The predicted molar refractivity (Wildman–Crippen MR) is 65.2 cm³/mol. The summed E-state index contributed by atoms with van der Waals surface area (Å²) in [5, 5.41) is 20.6. The monoisotopic (exact) mass is 263 g/mol. The van der Waals surface area contributed by atoms with Gasteiger partial charge in [0.05, 0.1) is 17.1 Å². The summed E-state index contributed by atoms with van der Waals surface area (Å²) in [6.07, 6.45) is 3.05. The molecule has 0 radical (unpaired) electrons. The molecule has 0 aliphatic carbocycles. The molecule has 2 aromatic rings. The largest absolute Gasteiger partial charge is 0.391 e. The topological polar surface area (TPSA) is 89.2 Å². The van der Waals surface area contributed by atoms with Crippen molar-refractivity contribution in [2.45, 2.75) is 16.5 Å². The van der Waals surface area contributed by atoms with Gasteiger partial charge in [0.2, 0.25) is 0 Å². The summed E-state index contributed by atoms with van der Waals surface area (Å²) >= 11 is 1.35. The van der Waals surface area contributed by atoms with Gasteiger partial charge in [0, 0.05) is 17.2 Å². The van der Waals surface area contributed by atoms with E-state index in [1.165, 1.54) is 24.2 Å². The Morgan fingerprint density at radius 1 is 1.39 bits per heavy atom. The van der Waals surface area contributed by atoms with E-state index < -0.39 is 4.92 Å². The highest BCUT2D eigenvalue weighted by molar-refractivity contribution is 7.99. The Morgan fingerprint density at radius 2 is 2.22 bits per heavy atom. The van der Waals surface area contributed by atoms with E-state index in [2.05, 4.69) is 9.97 Å². The molecule has 2 rings (SSSR count). The first kappa shape index (κ1) is 12.5. The van der Waals surface area contributed by atoms with Crippen molar-refractivity contribution in [1.29, 1.82) is 0 Å². The molecule has 1 aromatic carbocycles. The highest BCUT2D eigenvalue weighted by atomic mass is 32.2. The van der Waals surface area contributed by atoms with Crippen LogP contribution in [0.15, 0.2) is 46.7 Å². The molecule has 92 valence electrons. The number of hydrogen-bond donors (Lipinski definition) is 1. The maximum absolute atomic E-state index is 10.7. The van der Waals surface area contributed by atoms with Crippen LogP contribution in [-0.2, 0) is 6.61 Å². The molecule has 0 unspecified atom stereocenters. The van der Waals surface area contributed by atoms with Gasteiger partial charge in [0.25, 0.3) is 5.69 Å². The highest BCUT2D eigenvalue weighted by Crippen LogP contribution is 2.29. The number of benzene rings is 1. The molecule has 0 aliphatic heterocycles. The molecule has 0 spiro atoms. The third-order valence-electron chi connectivity index (χ3n) is 2.20. The predicted octanol–water partition coefficient (Wildman–Crippen LogP) is 2.03. The Labute approximate surface area is 107 Å². The molecular formula is C11H9N3O3S. The smallest absolute Gasteiger partial charge is 0.274 e. The summed E-state index contributed by atoms with van der Waals surface area (Å²) in [5.41, 5.74) is 0.212. The lowest BCUT2D eigenvalue weighted by Gasteiger charge is -2.03. The minimum Gasteiger partial charge on any atom is -0.391 e. The summed E-state index contributed by atoms with van der Waals surface area (Å²) in [5.74, 6) is 0. The van der Waals surface area contributed by atoms with Gasteiger partial charge in [-0.15, -0.1) is 0 Å². The number of aliphatic hydroxyl groups excluding tert-OH is 1. The van der Waals surface area contributed by atoms with Gasteiger partial charge in [-0.2, -0.15) is 0 Å². The van der Waals surface area contributed by atoms with E-state index in [4.69, 9.17) is 5.11 Å². The zero-order chi connectivity index (χ0) is 13.0. The van der Waals surface area contributed by atoms with Crippen molar-refractivity contribution in [1.82, 2.24) is 9.97 Å². The number of nitro benzene ring substituents is 1. The molecule has 0 atom stereocenters. The molecule has 0 amide bonds. The molecule has 18 heavy (non-hydrogen) atoms. The lowest BCUT2D eigenvalue weighted by molar-refractivity contribution is -0.385. The van der Waals surface area contributed by atoms with Gasteiger partial charge in [-0.1, -0.05) is 11.8 Å². The van der Waals surface area contributed by atoms with Crippen LogP contribution in [-0.4, -0.2) is 20.0 Å². The zero-order valence-corrected chi connectivity index (χ0v) is 10.0. The Morgan fingerprint density at radius 3 is 2.83 bits per heavy atom. The van der Waals surface area contributed by atoms with Crippen molar-refractivity contribution < 1.29 is 10.0 Å². The van der Waals surface area contributed by atoms with Gasteiger partial charge in [-0.3, -0.25) is 10.1 Å². The fourth-order valence-corrected chi connectivity index (χ4v) is 2.20. The summed E-state index contributed by atoms with van der Waals surface area (Å²) in [7, 11) is 0. The van der Waals surface area contributed by atoms with Crippen molar-refractivity contribution >= 4 is 17.4 Å². The van der Waals surface area contributed by atoms with Gasteiger partial charge in [-0.25, -0.2) is 9.97 Å². The van der Waals surface area contributed by atoms with Crippen molar-refractivity contribution in [3.05, 3.63) is 52.5 Å². The van der Waals surface area contributed by atoms with Gasteiger partial charge in [0.1, 0.15) is 11.4 Å². The van der Waals surface area contributed by atoms with E-state index in [0.29, 0.717) is 5.56 Å². The molecular weight excluding hydrogens is 254 g/mol. The molecule has 0 fully saturated rings. The molecule has 0 saturated heterocycles. The van der Waals surface area contributed by atoms with Crippen LogP contribution in [0.5, 0.6) is 0 Å². The molecule has 1 aromatic heterocycles. The van der Waals surface area contributed by atoms with Crippen LogP contribution in [0.1, 0.15) is 5.56 Å². The van der Waals surface area contributed by atoms with Crippen molar-refractivity contribution in [3.8, 4) is 0 Å². The van der Waals surface area contributed by atoms with E-state index in [1.54, 1.807) is 24.4 Å². The molecule has 0 aliphatic rings. The molecule has 1 N–H and O–H groups in total. The number of nitro groups is 1. The van der Waals surface area contributed by atoms with E-state index in [9.17, 15) is 10.1 Å².